The second-order valence-corrected chi connectivity index (χ2v) is 12.5. The molecule has 1 rings (SSSR count). The first-order chi connectivity index (χ1) is 17.4. The van der Waals surface area contributed by atoms with E-state index in [2.05, 4.69) is 13.5 Å². The Kier molecular flexibility index (Phi) is 14.5. The third-order valence-corrected chi connectivity index (χ3v) is 9.63. The number of methoxy groups -OCH3 is 1. The first kappa shape index (κ1) is 33.7. The highest BCUT2D eigenvalue weighted by Crippen LogP contribution is 2.57. The molecule has 1 aliphatic rings. The summed E-state index contributed by atoms with van der Waals surface area (Å²) in [6.45, 7) is 16.3. The van der Waals surface area contributed by atoms with Crippen molar-refractivity contribution < 1.29 is 37.4 Å². The van der Waals surface area contributed by atoms with E-state index in [1.807, 2.05) is 19.9 Å². The number of rotatable bonds is 19. The summed E-state index contributed by atoms with van der Waals surface area (Å²) in [5.74, 6) is -0.518. The van der Waals surface area contributed by atoms with Crippen LogP contribution in [-0.2, 0) is 37.4 Å². The van der Waals surface area contributed by atoms with Gasteiger partial charge in [-0.15, -0.1) is 0 Å². The van der Waals surface area contributed by atoms with Crippen LogP contribution in [0.3, 0.4) is 0 Å². The molecule has 0 aliphatic heterocycles. The van der Waals surface area contributed by atoms with Crippen LogP contribution in [0.1, 0.15) is 86.5 Å². The Hall–Kier alpha value is -1.31. The minimum absolute atomic E-state index is 0.0670. The van der Waals surface area contributed by atoms with E-state index in [-0.39, 0.29) is 44.4 Å². The maximum atomic E-state index is 13.7. The van der Waals surface area contributed by atoms with Crippen LogP contribution in [0.4, 0.5) is 0 Å². The third kappa shape index (κ3) is 9.74. The normalized spacial score (nSPS) is 22.2. The average molecular weight is 545 g/mol. The first-order valence-electron chi connectivity index (χ1n) is 13.4. The van der Waals surface area contributed by atoms with Gasteiger partial charge in [-0.2, -0.15) is 0 Å². The van der Waals surface area contributed by atoms with Gasteiger partial charge in [0.05, 0.1) is 25.4 Å². The number of hydrogen-bond acceptors (Lipinski definition) is 8. The monoisotopic (exact) mass is 544 g/mol. The van der Waals surface area contributed by atoms with E-state index in [1.54, 1.807) is 27.9 Å². The van der Waals surface area contributed by atoms with E-state index < -0.39 is 24.8 Å². The summed E-state index contributed by atoms with van der Waals surface area (Å²) in [7, 11) is -2.16. The van der Waals surface area contributed by atoms with Gasteiger partial charge in [0.25, 0.3) is 0 Å². The summed E-state index contributed by atoms with van der Waals surface area (Å²) in [6, 6.07) is 0. The number of ether oxygens (including phenoxy) is 3. The number of aldehydes is 1. The molecule has 0 amide bonds. The molecule has 3 atom stereocenters. The Labute approximate surface area is 224 Å². The number of esters is 1. The summed E-state index contributed by atoms with van der Waals surface area (Å²) < 4.78 is 41.3. The van der Waals surface area contributed by atoms with Gasteiger partial charge in [0.2, 0.25) is 0 Å². The molecule has 1 unspecified atom stereocenters. The molecular weight excluding hydrogens is 495 g/mol. The molecule has 37 heavy (non-hydrogen) atoms. The fraction of sp³-hybridized carbons (Fsp3) is 0.786. The summed E-state index contributed by atoms with van der Waals surface area (Å²) in [5.41, 5.74) is 0.453. The predicted octanol–water partition coefficient (Wildman–Crippen LogP) is 6.63. The van der Waals surface area contributed by atoms with Gasteiger partial charge in [-0.05, 0) is 78.6 Å². The molecular formula is C28H49O8P. The summed E-state index contributed by atoms with van der Waals surface area (Å²) in [5, 5.41) is 0. The van der Waals surface area contributed by atoms with Crippen LogP contribution in [0.25, 0.3) is 0 Å². The second-order valence-electron chi connectivity index (χ2n) is 10.3. The van der Waals surface area contributed by atoms with E-state index in [1.165, 1.54) is 0 Å². The summed E-state index contributed by atoms with van der Waals surface area (Å²) >= 11 is 0. The lowest BCUT2D eigenvalue weighted by atomic mass is 9.74. The zero-order chi connectivity index (χ0) is 28.1. The smallest absolute Gasteiger partial charge is 0.345 e. The highest BCUT2D eigenvalue weighted by molar-refractivity contribution is 7.55. The zero-order valence-corrected chi connectivity index (χ0v) is 24.9. The van der Waals surface area contributed by atoms with Gasteiger partial charge < -0.3 is 28.1 Å². The molecule has 0 heterocycles. The molecule has 1 saturated carbocycles. The van der Waals surface area contributed by atoms with Crippen LogP contribution in [0.5, 0.6) is 0 Å². The Bertz CT molecular complexity index is 811. The minimum atomic E-state index is -3.75. The van der Waals surface area contributed by atoms with Gasteiger partial charge in [-0.1, -0.05) is 30.7 Å². The molecule has 9 heteroatoms. The molecule has 0 aromatic carbocycles. The van der Waals surface area contributed by atoms with E-state index in [0.717, 1.165) is 43.1 Å². The highest BCUT2D eigenvalue weighted by atomic mass is 31.2. The van der Waals surface area contributed by atoms with Gasteiger partial charge in [-0.3, -0.25) is 9.36 Å². The van der Waals surface area contributed by atoms with Crippen molar-refractivity contribution in [2.75, 3.05) is 33.7 Å². The molecule has 214 valence electrons. The van der Waals surface area contributed by atoms with E-state index >= 15 is 0 Å². The van der Waals surface area contributed by atoms with Crippen molar-refractivity contribution in [3.8, 4) is 0 Å². The molecule has 0 saturated heterocycles. The number of hydrogen-bond donors (Lipinski definition) is 0. The lowest BCUT2D eigenvalue weighted by molar-refractivity contribution is -0.143. The molecule has 0 N–H and O–H groups in total. The standard InChI is InChI=1S/C28H49O8P/c1-9-33-26(30)25(37(31,35-10-2)36-11-3)15-14-24-23(27(5,6)34-21-32-8)17-19-28(24,7)18-16-22(4)13-12-20-29/h14,20,23,25H,4,9-13,15-19,21H2,1-3,5-8H3/b24-14+/t23-,25?,28-/m1/s1. The Morgan fingerprint density at radius 3 is 2.38 bits per heavy atom. The van der Waals surface area contributed by atoms with E-state index in [0.29, 0.717) is 12.8 Å². The van der Waals surface area contributed by atoms with Crippen molar-refractivity contribution in [2.45, 2.75) is 97.7 Å². The van der Waals surface area contributed by atoms with Crippen LogP contribution in [0.2, 0.25) is 0 Å². The van der Waals surface area contributed by atoms with Crippen LogP contribution >= 0.6 is 7.60 Å². The van der Waals surface area contributed by atoms with Gasteiger partial charge in [0, 0.05) is 19.4 Å². The molecule has 0 aromatic rings. The van der Waals surface area contributed by atoms with Crippen LogP contribution < -0.4 is 0 Å². The highest BCUT2D eigenvalue weighted by Gasteiger charge is 2.48. The van der Waals surface area contributed by atoms with E-state index in [4.69, 9.17) is 23.3 Å². The maximum absolute atomic E-state index is 13.7. The van der Waals surface area contributed by atoms with Crippen molar-refractivity contribution in [3.05, 3.63) is 23.8 Å². The lowest BCUT2D eigenvalue weighted by Gasteiger charge is -2.36. The van der Waals surface area contributed by atoms with Crippen LogP contribution in [-0.4, -0.2) is 57.2 Å². The molecule has 1 aliphatic carbocycles. The van der Waals surface area contributed by atoms with Gasteiger partial charge in [0.1, 0.15) is 13.1 Å². The second kappa shape index (κ2) is 15.9. The molecule has 8 nitrogen and oxygen atoms in total. The molecule has 0 aromatic heterocycles. The van der Waals surface area contributed by atoms with Crippen molar-refractivity contribution in [2.24, 2.45) is 11.3 Å². The van der Waals surface area contributed by atoms with Crippen molar-refractivity contribution in [1.82, 2.24) is 0 Å². The molecule has 1 fully saturated rings. The number of carbonyl (C=O) groups excluding carboxylic acids is 2. The number of carbonyl (C=O) groups is 2. The summed E-state index contributed by atoms with van der Waals surface area (Å²) in [4.78, 5) is 23.8. The SMILES string of the molecule is C=C(CCC=O)CC[C@]1(C)CC[C@@H](C(C)(C)OCOC)/C1=C\CC(C(=O)OCC)P(=O)(OCC)OCC. The third-order valence-electron chi connectivity index (χ3n) is 7.21. The molecule has 0 radical (unpaired) electrons. The van der Waals surface area contributed by atoms with Crippen molar-refractivity contribution in [1.29, 1.82) is 0 Å². The fourth-order valence-corrected chi connectivity index (χ4v) is 6.97. The number of allylic oxidation sites excluding steroid dienone is 2. The van der Waals surface area contributed by atoms with Crippen LogP contribution in [0.15, 0.2) is 23.8 Å². The van der Waals surface area contributed by atoms with Gasteiger partial charge >= 0.3 is 13.6 Å². The lowest BCUT2D eigenvalue weighted by Crippen LogP contribution is -2.36. The molecule has 0 bridgehead atoms. The average Bonchev–Trinajstić information content (AvgIpc) is 3.18. The minimum Gasteiger partial charge on any atom is -0.465 e. The van der Waals surface area contributed by atoms with Crippen LogP contribution in [0, 0.1) is 11.3 Å². The quantitative estimate of drug-likeness (QED) is 0.0587. The van der Waals surface area contributed by atoms with Gasteiger partial charge in [-0.25, -0.2) is 0 Å². The maximum Gasteiger partial charge on any atom is 0.345 e. The Morgan fingerprint density at radius 1 is 1.19 bits per heavy atom. The first-order valence-corrected chi connectivity index (χ1v) is 15.0. The zero-order valence-electron chi connectivity index (χ0n) is 24.0. The molecule has 0 spiro atoms. The van der Waals surface area contributed by atoms with Crippen molar-refractivity contribution >= 4 is 19.9 Å². The van der Waals surface area contributed by atoms with Crippen molar-refractivity contribution in [3.63, 3.8) is 0 Å². The topological polar surface area (TPSA) is 97.4 Å². The Balaban J connectivity index is 3.43. The summed E-state index contributed by atoms with van der Waals surface area (Å²) in [6.07, 6.45) is 7.77. The Morgan fingerprint density at radius 2 is 1.84 bits per heavy atom. The fourth-order valence-electron chi connectivity index (χ4n) is 5.12. The largest absolute Gasteiger partial charge is 0.465 e. The van der Waals surface area contributed by atoms with E-state index in [9.17, 15) is 14.2 Å². The predicted molar refractivity (Wildman–Crippen MR) is 146 cm³/mol. The van der Waals surface area contributed by atoms with Gasteiger partial charge in [0.15, 0.2) is 5.66 Å².